The van der Waals surface area contributed by atoms with E-state index in [-0.39, 0.29) is 18.8 Å². The second kappa shape index (κ2) is 6.89. The zero-order valence-corrected chi connectivity index (χ0v) is 10.7. The van der Waals surface area contributed by atoms with Crippen LogP contribution in [0.5, 0.6) is 5.75 Å². The van der Waals surface area contributed by atoms with Gasteiger partial charge in [0.1, 0.15) is 0 Å². The quantitative estimate of drug-likeness (QED) is 0.861. The number of amides is 2. The number of rotatable bonds is 5. The lowest BCUT2D eigenvalue weighted by atomic mass is 10.2. The minimum Gasteiger partial charge on any atom is -0.491 e. The van der Waals surface area contributed by atoms with Gasteiger partial charge in [-0.15, -0.1) is 0 Å². The number of nitrogens with zero attached hydrogens (tertiary/aromatic N) is 1. The van der Waals surface area contributed by atoms with Crippen molar-refractivity contribution >= 4 is 11.7 Å². The SMILES string of the molecule is CCN(CCO)C(=O)Nc1cc(F)c(OC)c(F)c1. The normalized spacial score (nSPS) is 10.2. The number of hydrogen-bond acceptors (Lipinski definition) is 3. The number of anilines is 1. The Labute approximate surface area is 109 Å². The molecule has 7 heteroatoms. The topological polar surface area (TPSA) is 61.8 Å². The second-order valence-electron chi connectivity index (χ2n) is 3.71. The molecular formula is C12H16F2N2O3. The summed E-state index contributed by atoms with van der Waals surface area (Å²) < 4.78 is 31.4. The predicted octanol–water partition coefficient (Wildman–Crippen LogP) is 1.82. The lowest BCUT2D eigenvalue weighted by molar-refractivity contribution is 0.192. The molecule has 19 heavy (non-hydrogen) atoms. The fourth-order valence-electron chi connectivity index (χ4n) is 1.55. The lowest BCUT2D eigenvalue weighted by Crippen LogP contribution is -2.36. The van der Waals surface area contributed by atoms with E-state index in [9.17, 15) is 13.6 Å². The molecule has 0 heterocycles. The molecule has 2 N–H and O–H groups in total. The summed E-state index contributed by atoms with van der Waals surface area (Å²) in [7, 11) is 1.15. The van der Waals surface area contributed by atoms with Crippen LogP contribution in [0.1, 0.15) is 6.92 Å². The average Bonchev–Trinajstić information content (AvgIpc) is 2.35. The monoisotopic (exact) mass is 274 g/mol. The zero-order valence-electron chi connectivity index (χ0n) is 10.7. The van der Waals surface area contributed by atoms with E-state index in [2.05, 4.69) is 10.1 Å². The summed E-state index contributed by atoms with van der Waals surface area (Å²) in [6, 6.07) is 1.39. The largest absolute Gasteiger partial charge is 0.491 e. The van der Waals surface area contributed by atoms with Crippen molar-refractivity contribution in [2.45, 2.75) is 6.92 Å². The van der Waals surface area contributed by atoms with Crippen LogP contribution in [0.4, 0.5) is 19.3 Å². The molecule has 0 atom stereocenters. The molecule has 2 amide bonds. The Bertz CT molecular complexity index is 432. The molecule has 0 unspecified atom stereocenters. The molecule has 0 radical (unpaired) electrons. The number of halogens is 2. The molecule has 0 aliphatic rings. The first-order chi connectivity index (χ1) is 9.03. The maximum absolute atomic E-state index is 13.4. The third-order valence-corrected chi connectivity index (χ3v) is 2.49. The molecule has 106 valence electrons. The maximum Gasteiger partial charge on any atom is 0.321 e. The van der Waals surface area contributed by atoms with Gasteiger partial charge in [0.2, 0.25) is 0 Å². The van der Waals surface area contributed by atoms with Gasteiger partial charge in [0.05, 0.1) is 13.7 Å². The van der Waals surface area contributed by atoms with Crippen molar-refractivity contribution in [1.82, 2.24) is 4.90 Å². The first-order valence-corrected chi connectivity index (χ1v) is 5.73. The van der Waals surface area contributed by atoms with Gasteiger partial charge in [-0.2, -0.15) is 0 Å². The van der Waals surface area contributed by atoms with Crippen LogP contribution in [0.25, 0.3) is 0 Å². The summed E-state index contributed by atoms with van der Waals surface area (Å²) in [6.45, 7) is 2.05. The lowest BCUT2D eigenvalue weighted by Gasteiger charge is -2.20. The minimum atomic E-state index is -0.900. The van der Waals surface area contributed by atoms with E-state index in [1.165, 1.54) is 4.90 Å². The Morgan fingerprint density at radius 3 is 2.42 bits per heavy atom. The van der Waals surface area contributed by atoms with Crippen molar-refractivity contribution in [2.24, 2.45) is 0 Å². The van der Waals surface area contributed by atoms with E-state index in [1.54, 1.807) is 6.92 Å². The second-order valence-corrected chi connectivity index (χ2v) is 3.71. The summed E-state index contributed by atoms with van der Waals surface area (Å²) in [6.07, 6.45) is 0. The van der Waals surface area contributed by atoms with Gasteiger partial charge < -0.3 is 20.1 Å². The summed E-state index contributed by atoms with van der Waals surface area (Å²) in [5, 5.41) is 11.1. The molecule has 1 aromatic rings. The van der Waals surface area contributed by atoms with Crippen molar-refractivity contribution < 1.29 is 23.4 Å². The van der Waals surface area contributed by atoms with Gasteiger partial charge >= 0.3 is 6.03 Å². The zero-order chi connectivity index (χ0) is 14.4. The highest BCUT2D eigenvalue weighted by Crippen LogP contribution is 2.25. The van der Waals surface area contributed by atoms with Crippen molar-refractivity contribution in [3.05, 3.63) is 23.8 Å². The fourth-order valence-corrected chi connectivity index (χ4v) is 1.55. The van der Waals surface area contributed by atoms with Crippen LogP contribution in [-0.2, 0) is 0 Å². The number of ether oxygens (including phenoxy) is 1. The van der Waals surface area contributed by atoms with E-state index in [1.807, 2.05) is 0 Å². The number of benzene rings is 1. The Hall–Kier alpha value is -1.89. The Balaban J connectivity index is 2.85. The number of carbonyl (C=O) groups is 1. The van der Waals surface area contributed by atoms with Crippen molar-refractivity contribution in [2.75, 3.05) is 32.1 Å². The number of nitrogens with one attached hydrogen (secondary N) is 1. The molecule has 0 spiro atoms. The number of methoxy groups -OCH3 is 1. The molecule has 5 nitrogen and oxygen atoms in total. The van der Waals surface area contributed by atoms with E-state index in [0.717, 1.165) is 19.2 Å². The van der Waals surface area contributed by atoms with Crippen LogP contribution < -0.4 is 10.1 Å². The summed E-state index contributed by atoms with van der Waals surface area (Å²) in [5.74, 6) is -2.30. The molecule has 0 aromatic heterocycles. The first-order valence-electron chi connectivity index (χ1n) is 5.73. The summed E-state index contributed by atoms with van der Waals surface area (Å²) in [4.78, 5) is 13.0. The number of likely N-dealkylation sites (N-methyl/N-ethyl adjacent to an activating group) is 1. The number of aliphatic hydroxyl groups excluding tert-OH is 1. The molecule has 0 saturated carbocycles. The molecule has 0 aliphatic carbocycles. The van der Waals surface area contributed by atoms with E-state index >= 15 is 0 Å². The van der Waals surface area contributed by atoms with Crippen LogP contribution in [0, 0.1) is 11.6 Å². The van der Waals surface area contributed by atoms with Gasteiger partial charge in [0.25, 0.3) is 0 Å². The maximum atomic E-state index is 13.4. The standard InChI is InChI=1S/C12H16F2N2O3/c1-3-16(4-5-17)12(18)15-8-6-9(13)11(19-2)10(14)7-8/h6-7,17H,3-5H2,1-2H3,(H,15,18). The van der Waals surface area contributed by atoms with Crippen LogP contribution in [0.2, 0.25) is 0 Å². The van der Waals surface area contributed by atoms with E-state index in [0.29, 0.717) is 6.54 Å². The third-order valence-electron chi connectivity index (χ3n) is 2.49. The smallest absolute Gasteiger partial charge is 0.321 e. The van der Waals surface area contributed by atoms with Crippen LogP contribution in [0.3, 0.4) is 0 Å². The minimum absolute atomic E-state index is 0.0165. The number of urea groups is 1. The molecule has 0 fully saturated rings. The summed E-state index contributed by atoms with van der Waals surface area (Å²) >= 11 is 0. The predicted molar refractivity (Wildman–Crippen MR) is 66.3 cm³/mol. The fraction of sp³-hybridized carbons (Fsp3) is 0.417. The average molecular weight is 274 g/mol. The Morgan fingerprint density at radius 2 is 2.00 bits per heavy atom. The van der Waals surface area contributed by atoms with Gasteiger partial charge in [0, 0.05) is 30.9 Å². The molecule has 0 bridgehead atoms. The van der Waals surface area contributed by atoms with Gasteiger partial charge in [-0.1, -0.05) is 0 Å². The number of aliphatic hydroxyl groups is 1. The van der Waals surface area contributed by atoms with Crippen molar-refractivity contribution in [3.8, 4) is 5.75 Å². The van der Waals surface area contributed by atoms with Crippen LogP contribution in [0.15, 0.2) is 12.1 Å². The highest BCUT2D eigenvalue weighted by atomic mass is 19.1. The van der Waals surface area contributed by atoms with E-state index in [4.69, 9.17) is 5.11 Å². The van der Waals surface area contributed by atoms with Gasteiger partial charge in [-0.25, -0.2) is 13.6 Å². The third kappa shape index (κ3) is 3.78. The van der Waals surface area contributed by atoms with Gasteiger partial charge in [0.15, 0.2) is 17.4 Å². The number of hydrogen-bond donors (Lipinski definition) is 2. The van der Waals surface area contributed by atoms with Crippen LogP contribution >= 0.6 is 0 Å². The number of carbonyl (C=O) groups excluding carboxylic acids is 1. The molecule has 1 rings (SSSR count). The van der Waals surface area contributed by atoms with Crippen LogP contribution in [-0.4, -0.2) is 42.8 Å². The Morgan fingerprint density at radius 1 is 1.42 bits per heavy atom. The first kappa shape index (κ1) is 15.2. The Kier molecular flexibility index (Phi) is 5.50. The molecule has 0 saturated heterocycles. The van der Waals surface area contributed by atoms with Crippen molar-refractivity contribution in [3.63, 3.8) is 0 Å². The van der Waals surface area contributed by atoms with Gasteiger partial charge in [-0.05, 0) is 6.92 Å². The van der Waals surface area contributed by atoms with Gasteiger partial charge in [-0.3, -0.25) is 0 Å². The molecular weight excluding hydrogens is 258 g/mol. The highest BCUT2D eigenvalue weighted by Gasteiger charge is 2.15. The highest BCUT2D eigenvalue weighted by molar-refractivity contribution is 5.89. The van der Waals surface area contributed by atoms with Crippen molar-refractivity contribution in [1.29, 1.82) is 0 Å². The molecule has 0 aliphatic heterocycles. The molecule has 1 aromatic carbocycles. The van der Waals surface area contributed by atoms with E-state index < -0.39 is 23.4 Å². The summed E-state index contributed by atoms with van der Waals surface area (Å²) in [5.41, 5.74) is -0.0165.